The summed E-state index contributed by atoms with van der Waals surface area (Å²) in [5, 5.41) is 3.55. The van der Waals surface area contributed by atoms with Crippen LogP contribution in [0.2, 0.25) is 0 Å². The molecule has 2 amide bonds. The molecule has 3 rings (SSSR count). The Kier molecular flexibility index (Phi) is 5.32. The van der Waals surface area contributed by atoms with E-state index < -0.39 is 0 Å². The molecule has 124 valence electrons. The van der Waals surface area contributed by atoms with Gasteiger partial charge in [-0.25, -0.2) is 0 Å². The molecule has 5 heteroatoms. The third kappa shape index (κ3) is 3.61. The Hall–Kier alpha value is -0.710. The lowest BCUT2D eigenvalue weighted by molar-refractivity contribution is -0.139. The van der Waals surface area contributed by atoms with E-state index in [1.807, 2.05) is 11.8 Å². The Labute approximate surface area is 137 Å². The maximum absolute atomic E-state index is 13.1. The van der Waals surface area contributed by atoms with E-state index in [4.69, 9.17) is 0 Å². The van der Waals surface area contributed by atoms with Gasteiger partial charge in [-0.15, -0.1) is 0 Å². The first-order valence-electron chi connectivity index (χ1n) is 8.84. The summed E-state index contributed by atoms with van der Waals surface area (Å²) < 4.78 is 0. The number of carbonyl (C=O) groups excluding carboxylic acids is 2. The summed E-state index contributed by atoms with van der Waals surface area (Å²) in [7, 11) is 0. The van der Waals surface area contributed by atoms with Crippen LogP contribution in [0.25, 0.3) is 0 Å². The first kappa shape index (κ1) is 16.2. The summed E-state index contributed by atoms with van der Waals surface area (Å²) in [6, 6.07) is 0.103. The van der Waals surface area contributed by atoms with E-state index in [-0.39, 0.29) is 17.9 Å². The lowest BCUT2D eigenvalue weighted by Gasteiger charge is -2.45. The average molecular weight is 324 g/mol. The largest absolute Gasteiger partial charge is 0.345 e. The van der Waals surface area contributed by atoms with Crippen LogP contribution in [0.3, 0.4) is 0 Å². The van der Waals surface area contributed by atoms with Gasteiger partial charge in [0.1, 0.15) is 6.04 Å². The zero-order chi connectivity index (χ0) is 15.5. The molecule has 3 fully saturated rings. The van der Waals surface area contributed by atoms with E-state index in [0.717, 1.165) is 25.1 Å². The Bertz CT molecular complexity index is 423. The number of hydrogen-bond donors (Lipinski definition) is 1. The quantitative estimate of drug-likeness (QED) is 0.864. The highest BCUT2D eigenvalue weighted by Crippen LogP contribution is 2.37. The van der Waals surface area contributed by atoms with Crippen LogP contribution in [0.15, 0.2) is 0 Å². The maximum Gasteiger partial charge on any atom is 0.245 e. The van der Waals surface area contributed by atoms with E-state index in [9.17, 15) is 9.59 Å². The van der Waals surface area contributed by atoms with Crippen molar-refractivity contribution in [3.05, 3.63) is 0 Å². The van der Waals surface area contributed by atoms with Crippen molar-refractivity contribution < 1.29 is 9.59 Å². The van der Waals surface area contributed by atoms with Crippen molar-refractivity contribution in [2.75, 3.05) is 12.3 Å². The highest BCUT2D eigenvalue weighted by atomic mass is 32.2. The summed E-state index contributed by atoms with van der Waals surface area (Å²) >= 11 is 2.04. The average Bonchev–Trinajstić information content (AvgIpc) is 2.48. The van der Waals surface area contributed by atoms with Crippen LogP contribution < -0.4 is 5.32 Å². The second-order valence-corrected chi connectivity index (χ2v) is 8.43. The van der Waals surface area contributed by atoms with Crippen LogP contribution in [-0.4, -0.2) is 46.3 Å². The number of amides is 2. The Morgan fingerprint density at radius 1 is 1.18 bits per heavy atom. The first-order valence-corrected chi connectivity index (χ1v) is 9.89. The molecule has 2 aliphatic carbocycles. The van der Waals surface area contributed by atoms with Gasteiger partial charge in [0.2, 0.25) is 11.8 Å². The van der Waals surface area contributed by atoms with Gasteiger partial charge in [-0.3, -0.25) is 9.59 Å². The highest BCUT2D eigenvalue weighted by molar-refractivity contribution is 8.00. The van der Waals surface area contributed by atoms with Gasteiger partial charge < -0.3 is 10.2 Å². The molecule has 0 radical (unpaired) electrons. The summed E-state index contributed by atoms with van der Waals surface area (Å²) in [6.07, 6.45) is 9.45. The van der Waals surface area contributed by atoms with Crippen LogP contribution in [0.5, 0.6) is 0 Å². The van der Waals surface area contributed by atoms with E-state index in [1.165, 1.54) is 45.4 Å². The number of nitrogens with zero attached hydrogens (tertiary/aromatic N) is 1. The molecule has 2 unspecified atom stereocenters. The van der Waals surface area contributed by atoms with Crippen LogP contribution in [0.1, 0.15) is 58.3 Å². The summed E-state index contributed by atoms with van der Waals surface area (Å²) in [5.74, 6) is 1.77. The summed E-state index contributed by atoms with van der Waals surface area (Å²) in [4.78, 5) is 26.7. The molecule has 3 aliphatic rings. The molecule has 3 atom stereocenters. The predicted octanol–water partition coefficient (Wildman–Crippen LogP) is 2.57. The standard InChI is InChI=1S/C17H28N2O2S/c1-12(20)18-14(11-13-5-4-6-13)17(21)19-9-10-22-16-8-3-2-7-15(16)19/h13-16H,2-11H2,1H3,(H,18,20)/t14-,15?,16?/m1/s1. The van der Waals surface area contributed by atoms with Crippen LogP contribution in [-0.2, 0) is 9.59 Å². The molecule has 1 N–H and O–H groups in total. The predicted molar refractivity (Wildman–Crippen MR) is 89.8 cm³/mol. The van der Waals surface area contributed by atoms with Gasteiger partial charge >= 0.3 is 0 Å². The van der Waals surface area contributed by atoms with Crippen LogP contribution in [0, 0.1) is 5.92 Å². The van der Waals surface area contributed by atoms with Crippen molar-refractivity contribution in [2.45, 2.75) is 75.6 Å². The van der Waals surface area contributed by atoms with Crippen molar-refractivity contribution in [1.82, 2.24) is 10.2 Å². The molecule has 4 nitrogen and oxygen atoms in total. The number of thioether (sulfide) groups is 1. The fourth-order valence-electron chi connectivity index (χ4n) is 4.10. The highest BCUT2D eigenvalue weighted by Gasteiger charge is 2.39. The topological polar surface area (TPSA) is 49.4 Å². The van der Waals surface area contributed by atoms with Crippen molar-refractivity contribution in [1.29, 1.82) is 0 Å². The molecule has 22 heavy (non-hydrogen) atoms. The number of rotatable bonds is 4. The smallest absolute Gasteiger partial charge is 0.245 e. The lowest BCUT2D eigenvalue weighted by atomic mass is 9.80. The SMILES string of the molecule is CC(=O)N[C@H](CC1CCC1)C(=O)N1CCSC2CCCCC21. The van der Waals surface area contributed by atoms with Gasteiger partial charge in [-0.1, -0.05) is 32.1 Å². The minimum Gasteiger partial charge on any atom is -0.345 e. The Morgan fingerprint density at radius 3 is 2.64 bits per heavy atom. The normalized spacial score (nSPS) is 30.1. The number of nitrogens with one attached hydrogen (secondary N) is 1. The second-order valence-electron chi connectivity index (χ2n) is 7.08. The summed E-state index contributed by atoms with van der Waals surface area (Å²) in [6.45, 7) is 2.38. The lowest BCUT2D eigenvalue weighted by Crippen LogP contribution is -2.57. The molecule has 0 aromatic carbocycles. The zero-order valence-corrected chi connectivity index (χ0v) is 14.4. The van der Waals surface area contributed by atoms with Gasteiger partial charge in [0, 0.05) is 30.5 Å². The van der Waals surface area contributed by atoms with E-state index in [1.54, 1.807) is 0 Å². The van der Waals surface area contributed by atoms with Crippen LogP contribution in [0.4, 0.5) is 0 Å². The molecular formula is C17H28N2O2S. The molecule has 0 bridgehead atoms. The van der Waals surface area contributed by atoms with Crippen molar-refractivity contribution >= 4 is 23.6 Å². The van der Waals surface area contributed by atoms with Gasteiger partial charge in [-0.2, -0.15) is 11.8 Å². The molecule has 1 saturated heterocycles. The van der Waals surface area contributed by atoms with Crippen molar-refractivity contribution in [2.24, 2.45) is 5.92 Å². The molecule has 1 aliphatic heterocycles. The molecular weight excluding hydrogens is 296 g/mol. The third-order valence-electron chi connectivity index (χ3n) is 5.48. The monoisotopic (exact) mass is 324 g/mol. The molecule has 2 saturated carbocycles. The second kappa shape index (κ2) is 7.24. The van der Waals surface area contributed by atoms with Crippen molar-refractivity contribution in [3.8, 4) is 0 Å². The van der Waals surface area contributed by atoms with Crippen LogP contribution >= 0.6 is 11.8 Å². The van der Waals surface area contributed by atoms with Crippen molar-refractivity contribution in [3.63, 3.8) is 0 Å². The van der Waals surface area contributed by atoms with E-state index in [2.05, 4.69) is 10.2 Å². The zero-order valence-electron chi connectivity index (χ0n) is 13.6. The number of carbonyl (C=O) groups is 2. The Morgan fingerprint density at radius 2 is 1.95 bits per heavy atom. The third-order valence-corrected chi connectivity index (χ3v) is 6.88. The fourth-order valence-corrected chi connectivity index (χ4v) is 5.54. The van der Waals surface area contributed by atoms with Gasteiger partial charge in [0.05, 0.1) is 0 Å². The molecule has 1 heterocycles. The number of fused-ring (bicyclic) bond motifs is 1. The first-order chi connectivity index (χ1) is 10.6. The molecule has 0 aromatic rings. The van der Waals surface area contributed by atoms with E-state index >= 15 is 0 Å². The minimum absolute atomic E-state index is 0.0794. The maximum atomic E-state index is 13.1. The number of hydrogen-bond acceptors (Lipinski definition) is 3. The Balaban J connectivity index is 1.68. The fraction of sp³-hybridized carbons (Fsp3) is 0.882. The summed E-state index contributed by atoms with van der Waals surface area (Å²) in [5.41, 5.74) is 0. The van der Waals surface area contributed by atoms with Gasteiger partial charge in [0.25, 0.3) is 0 Å². The van der Waals surface area contributed by atoms with Gasteiger partial charge in [-0.05, 0) is 25.2 Å². The minimum atomic E-state index is -0.298. The molecule has 0 spiro atoms. The van der Waals surface area contributed by atoms with Gasteiger partial charge in [0.15, 0.2) is 0 Å². The molecule has 0 aromatic heterocycles. The van der Waals surface area contributed by atoms with E-state index in [0.29, 0.717) is 17.2 Å².